The molecule has 2 aromatic carbocycles. The lowest BCUT2D eigenvalue weighted by Gasteiger charge is -2.23. The van der Waals surface area contributed by atoms with E-state index in [1.54, 1.807) is 31.2 Å². The van der Waals surface area contributed by atoms with Gasteiger partial charge in [0.1, 0.15) is 6.54 Å². The van der Waals surface area contributed by atoms with Crippen LogP contribution in [0.1, 0.15) is 37.0 Å². The van der Waals surface area contributed by atoms with Crippen LogP contribution in [0, 0.1) is 13.8 Å². The van der Waals surface area contributed by atoms with E-state index >= 15 is 0 Å². The van der Waals surface area contributed by atoms with Crippen LogP contribution in [-0.2, 0) is 14.8 Å². The molecule has 0 aliphatic rings. The van der Waals surface area contributed by atoms with E-state index in [-0.39, 0.29) is 6.54 Å². The third-order valence-corrected chi connectivity index (χ3v) is 5.58. The summed E-state index contributed by atoms with van der Waals surface area (Å²) in [6.45, 7) is 8.26. The number of benzene rings is 2. The molecule has 0 saturated carbocycles. The second-order valence-electron chi connectivity index (χ2n) is 7.34. The highest BCUT2D eigenvalue weighted by molar-refractivity contribution is 7.92. The molecule has 0 unspecified atom stereocenters. The summed E-state index contributed by atoms with van der Waals surface area (Å²) in [7, 11) is -3.66. The maximum absolute atomic E-state index is 12.4. The standard InChI is InChI=1S/C23H31N3O5S/c1-6-12-31-21-11-10-19(14-22(21)30-7-2)15-24-25-23(27)16-26(32(5,28)29)20-13-17(3)8-9-18(20)4/h8-11,13-15H,6-7,12,16H2,1-5H3,(H,25,27). The van der Waals surface area contributed by atoms with Crippen molar-refractivity contribution in [2.45, 2.75) is 34.1 Å². The van der Waals surface area contributed by atoms with Crippen molar-refractivity contribution in [3.05, 3.63) is 53.1 Å². The Bertz CT molecular complexity index is 1070. The van der Waals surface area contributed by atoms with E-state index in [1.807, 2.05) is 32.9 Å². The number of sulfonamides is 1. The molecule has 0 aliphatic carbocycles. The molecule has 174 valence electrons. The largest absolute Gasteiger partial charge is 0.490 e. The molecular formula is C23H31N3O5S. The Morgan fingerprint density at radius 1 is 1.09 bits per heavy atom. The number of hydrogen-bond acceptors (Lipinski definition) is 6. The topological polar surface area (TPSA) is 97.3 Å². The monoisotopic (exact) mass is 461 g/mol. The van der Waals surface area contributed by atoms with Crippen LogP contribution in [0.15, 0.2) is 41.5 Å². The van der Waals surface area contributed by atoms with E-state index in [9.17, 15) is 13.2 Å². The van der Waals surface area contributed by atoms with Crippen LogP contribution in [-0.4, -0.2) is 46.6 Å². The summed E-state index contributed by atoms with van der Waals surface area (Å²) < 4.78 is 37.0. The first-order chi connectivity index (χ1) is 15.2. The molecule has 2 aromatic rings. The number of carbonyl (C=O) groups is 1. The zero-order valence-electron chi connectivity index (χ0n) is 19.2. The van der Waals surface area contributed by atoms with Gasteiger partial charge in [-0.05, 0) is 68.1 Å². The van der Waals surface area contributed by atoms with E-state index in [1.165, 1.54) is 6.21 Å². The number of nitrogens with zero attached hydrogens (tertiary/aromatic N) is 2. The number of nitrogens with one attached hydrogen (secondary N) is 1. The van der Waals surface area contributed by atoms with Crippen molar-refractivity contribution < 1.29 is 22.7 Å². The molecule has 0 radical (unpaired) electrons. The van der Waals surface area contributed by atoms with Crippen molar-refractivity contribution in [2.24, 2.45) is 5.10 Å². The smallest absolute Gasteiger partial charge is 0.260 e. The number of ether oxygens (including phenoxy) is 2. The Morgan fingerprint density at radius 2 is 1.84 bits per heavy atom. The molecule has 0 saturated heterocycles. The number of hydrazone groups is 1. The molecule has 1 amide bonds. The average molecular weight is 462 g/mol. The molecule has 0 aromatic heterocycles. The highest BCUT2D eigenvalue weighted by atomic mass is 32.2. The SMILES string of the molecule is CCCOc1ccc(C=NNC(=O)CN(c2cc(C)ccc2C)S(C)(=O)=O)cc1OCC. The summed E-state index contributed by atoms with van der Waals surface area (Å²) in [6.07, 6.45) is 3.42. The molecular weight excluding hydrogens is 430 g/mol. The maximum Gasteiger partial charge on any atom is 0.260 e. The minimum atomic E-state index is -3.66. The van der Waals surface area contributed by atoms with Crippen LogP contribution in [0.4, 0.5) is 5.69 Å². The number of rotatable bonds is 11. The fourth-order valence-electron chi connectivity index (χ4n) is 2.92. The van der Waals surface area contributed by atoms with Gasteiger partial charge < -0.3 is 9.47 Å². The highest BCUT2D eigenvalue weighted by Crippen LogP contribution is 2.28. The molecule has 2 rings (SSSR count). The first kappa shape index (κ1) is 25.2. The van der Waals surface area contributed by atoms with Crippen molar-refractivity contribution in [1.29, 1.82) is 0 Å². The third-order valence-electron chi connectivity index (χ3n) is 4.45. The summed E-state index contributed by atoms with van der Waals surface area (Å²) in [6, 6.07) is 10.8. The predicted molar refractivity (Wildman–Crippen MR) is 127 cm³/mol. The number of carbonyl (C=O) groups excluding carboxylic acids is 1. The Balaban J connectivity index is 2.11. The summed E-state index contributed by atoms with van der Waals surface area (Å²) in [5, 5.41) is 3.96. The Kier molecular flexibility index (Phi) is 9.07. The van der Waals surface area contributed by atoms with Crippen LogP contribution in [0.25, 0.3) is 0 Å². The molecule has 32 heavy (non-hydrogen) atoms. The van der Waals surface area contributed by atoms with Crippen LogP contribution in [0.3, 0.4) is 0 Å². The normalized spacial score (nSPS) is 11.4. The molecule has 8 nitrogen and oxygen atoms in total. The predicted octanol–water partition coefficient (Wildman–Crippen LogP) is 3.41. The molecule has 0 atom stereocenters. The van der Waals surface area contributed by atoms with Crippen LogP contribution < -0.4 is 19.2 Å². The van der Waals surface area contributed by atoms with Gasteiger partial charge in [-0.25, -0.2) is 13.8 Å². The lowest BCUT2D eigenvalue weighted by Crippen LogP contribution is -2.39. The number of anilines is 1. The van der Waals surface area contributed by atoms with E-state index in [0.29, 0.717) is 36.0 Å². The third kappa shape index (κ3) is 7.26. The quantitative estimate of drug-likeness (QED) is 0.409. The molecule has 0 fully saturated rings. The lowest BCUT2D eigenvalue weighted by molar-refractivity contribution is -0.119. The van der Waals surface area contributed by atoms with Crippen LogP contribution in [0.5, 0.6) is 11.5 Å². The second kappa shape index (κ2) is 11.5. The van der Waals surface area contributed by atoms with Gasteiger partial charge in [0.05, 0.1) is 31.4 Å². The van der Waals surface area contributed by atoms with Crippen molar-refractivity contribution in [3.8, 4) is 11.5 Å². The highest BCUT2D eigenvalue weighted by Gasteiger charge is 2.22. The summed E-state index contributed by atoms with van der Waals surface area (Å²) in [5.74, 6) is 0.683. The van der Waals surface area contributed by atoms with Gasteiger partial charge >= 0.3 is 0 Å². The zero-order valence-corrected chi connectivity index (χ0v) is 20.0. The average Bonchev–Trinajstić information content (AvgIpc) is 2.73. The summed E-state index contributed by atoms with van der Waals surface area (Å²) in [4.78, 5) is 12.4. The van der Waals surface area contributed by atoms with Crippen LogP contribution in [0.2, 0.25) is 0 Å². The number of amides is 1. The fraction of sp³-hybridized carbons (Fsp3) is 0.391. The minimum Gasteiger partial charge on any atom is -0.490 e. The van der Waals surface area contributed by atoms with E-state index in [4.69, 9.17) is 9.47 Å². The van der Waals surface area contributed by atoms with Gasteiger partial charge in [-0.2, -0.15) is 5.10 Å². The van der Waals surface area contributed by atoms with Gasteiger partial charge in [-0.15, -0.1) is 0 Å². The van der Waals surface area contributed by atoms with Gasteiger partial charge in [0.25, 0.3) is 5.91 Å². The van der Waals surface area contributed by atoms with Crippen molar-refractivity contribution in [3.63, 3.8) is 0 Å². The first-order valence-electron chi connectivity index (χ1n) is 10.4. The van der Waals surface area contributed by atoms with Crippen LogP contribution >= 0.6 is 0 Å². The van der Waals surface area contributed by atoms with Gasteiger partial charge in [0.2, 0.25) is 10.0 Å². The Hall–Kier alpha value is -3.07. The molecule has 0 aliphatic heterocycles. The van der Waals surface area contributed by atoms with Crippen molar-refractivity contribution >= 4 is 27.8 Å². The van der Waals surface area contributed by atoms with E-state index in [0.717, 1.165) is 28.1 Å². The van der Waals surface area contributed by atoms with Gasteiger partial charge in [0, 0.05) is 0 Å². The summed E-state index contributed by atoms with van der Waals surface area (Å²) >= 11 is 0. The molecule has 0 heterocycles. The minimum absolute atomic E-state index is 0.380. The first-order valence-corrected chi connectivity index (χ1v) is 12.3. The zero-order chi connectivity index (χ0) is 23.7. The Morgan fingerprint density at radius 3 is 2.50 bits per heavy atom. The van der Waals surface area contributed by atoms with Gasteiger partial charge in [0.15, 0.2) is 11.5 Å². The van der Waals surface area contributed by atoms with E-state index in [2.05, 4.69) is 10.5 Å². The molecule has 0 bridgehead atoms. The second-order valence-corrected chi connectivity index (χ2v) is 9.25. The van der Waals surface area contributed by atoms with E-state index < -0.39 is 15.9 Å². The number of hydrogen-bond donors (Lipinski definition) is 1. The molecule has 9 heteroatoms. The van der Waals surface area contributed by atoms with Crippen molar-refractivity contribution in [1.82, 2.24) is 5.43 Å². The van der Waals surface area contributed by atoms with Crippen molar-refractivity contribution in [2.75, 3.05) is 30.3 Å². The molecule has 1 N–H and O–H groups in total. The van der Waals surface area contributed by atoms with Gasteiger partial charge in [-0.3, -0.25) is 9.10 Å². The maximum atomic E-state index is 12.4. The lowest BCUT2D eigenvalue weighted by atomic mass is 10.1. The summed E-state index contributed by atoms with van der Waals surface area (Å²) in [5.41, 5.74) is 5.21. The van der Waals surface area contributed by atoms with Gasteiger partial charge in [-0.1, -0.05) is 19.1 Å². The Labute approximate surface area is 190 Å². The number of aryl methyl sites for hydroxylation is 2. The fourth-order valence-corrected chi connectivity index (χ4v) is 3.82. The molecule has 0 spiro atoms.